The molecule has 0 spiro atoms. The highest BCUT2D eigenvalue weighted by Crippen LogP contribution is 2.22. The van der Waals surface area contributed by atoms with Crippen LogP contribution in [0.2, 0.25) is 0 Å². The van der Waals surface area contributed by atoms with Crippen molar-refractivity contribution in [1.29, 1.82) is 0 Å². The Balaban J connectivity index is 2.25. The fourth-order valence-corrected chi connectivity index (χ4v) is 2.94. The second-order valence-electron chi connectivity index (χ2n) is 5.49. The Bertz CT molecular complexity index is 374. The summed E-state index contributed by atoms with van der Waals surface area (Å²) in [5.74, 6) is 0. The van der Waals surface area contributed by atoms with E-state index in [1.165, 1.54) is 44.2 Å². The predicted molar refractivity (Wildman–Crippen MR) is 85.3 cm³/mol. The summed E-state index contributed by atoms with van der Waals surface area (Å²) < 4.78 is 3.06. The molecule has 0 aliphatic heterocycles. The summed E-state index contributed by atoms with van der Waals surface area (Å²) >= 11 is 3.60. The highest BCUT2D eigenvalue weighted by atomic mass is 79.9. The molecule has 0 saturated heterocycles. The molecule has 0 aliphatic rings. The van der Waals surface area contributed by atoms with Gasteiger partial charge in [0.1, 0.15) is 0 Å². The SMILES string of the molecule is CCCCCCCCC(N)Cc1c(Br)c(C)nn1C. The number of nitrogens with two attached hydrogens (primary N) is 1. The van der Waals surface area contributed by atoms with Gasteiger partial charge >= 0.3 is 0 Å². The molecule has 1 rings (SSSR count). The van der Waals surface area contributed by atoms with Gasteiger partial charge < -0.3 is 5.73 Å². The van der Waals surface area contributed by atoms with Crippen LogP contribution in [-0.2, 0) is 13.5 Å². The van der Waals surface area contributed by atoms with E-state index in [4.69, 9.17) is 5.73 Å². The van der Waals surface area contributed by atoms with Crippen molar-refractivity contribution >= 4 is 15.9 Å². The number of halogens is 1. The van der Waals surface area contributed by atoms with Gasteiger partial charge in [0.05, 0.1) is 15.9 Å². The molecular weight excluding hydrogens is 302 g/mol. The minimum absolute atomic E-state index is 0.247. The number of unbranched alkanes of at least 4 members (excludes halogenated alkanes) is 5. The first-order valence-electron chi connectivity index (χ1n) is 7.49. The van der Waals surface area contributed by atoms with Crippen molar-refractivity contribution in [2.75, 3.05) is 0 Å². The number of aryl methyl sites for hydroxylation is 2. The molecule has 1 atom stereocenters. The number of hydrogen-bond acceptors (Lipinski definition) is 2. The van der Waals surface area contributed by atoms with E-state index in [9.17, 15) is 0 Å². The lowest BCUT2D eigenvalue weighted by atomic mass is 10.0. The number of nitrogens with zero attached hydrogens (tertiary/aromatic N) is 2. The summed E-state index contributed by atoms with van der Waals surface area (Å²) in [5.41, 5.74) is 8.50. The zero-order chi connectivity index (χ0) is 14.3. The molecule has 110 valence electrons. The van der Waals surface area contributed by atoms with E-state index in [-0.39, 0.29) is 6.04 Å². The largest absolute Gasteiger partial charge is 0.327 e. The van der Waals surface area contributed by atoms with Gasteiger partial charge in [-0.1, -0.05) is 45.4 Å². The normalized spacial score (nSPS) is 12.9. The van der Waals surface area contributed by atoms with Crippen molar-refractivity contribution in [3.05, 3.63) is 15.9 Å². The lowest BCUT2D eigenvalue weighted by molar-refractivity contribution is 0.520. The summed E-state index contributed by atoms with van der Waals surface area (Å²) in [6.45, 7) is 4.27. The van der Waals surface area contributed by atoms with Gasteiger partial charge in [-0.25, -0.2) is 0 Å². The fraction of sp³-hybridized carbons (Fsp3) is 0.800. The minimum atomic E-state index is 0.247. The van der Waals surface area contributed by atoms with E-state index in [1.807, 2.05) is 18.7 Å². The van der Waals surface area contributed by atoms with Crippen molar-refractivity contribution < 1.29 is 0 Å². The summed E-state index contributed by atoms with van der Waals surface area (Å²) in [6, 6.07) is 0.247. The van der Waals surface area contributed by atoms with Crippen molar-refractivity contribution in [2.24, 2.45) is 12.8 Å². The molecule has 0 aliphatic carbocycles. The standard InChI is InChI=1S/C15H28BrN3/c1-4-5-6-7-8-9-10-13(17)11-14-15(16)12(2)18-19(14)3/h13H,4-11,17H2,1-3H3. The maximum atomic E-state index is 6.23. The van der Waals surface area contributed by atoms with Gasteiger partial charge in [0.2, 0.25) is 0 Å². The van der Waals surface area contributed by atoms with E-state index in [2.05, 4.69) is 28.0 Å². The second-order valence-corrected chi connectivity index (χ2v) is 6.28. The molecule has 0 radical (unpaired) electrons. The van der Waals surface area contributed by atoms with E-state index in [0.717, 1.165) is 23.0 Å². The Labute approximate surface area is 126 Å². The van der Waals surface area contributed by atoms with Gasteiger partial charge in [-0.2, -0.15) is 5.10 Å². The molecule has 1 aromatic heterocycles. The van der Waals surface area contributed by atoms with Crippen molar-refractivity contribution in [3.63, 3.8) is 0 Å². The van der Waals surface area contributed by atoms with Gasteiger partial charge in [-0.15, -0.1) is 0 Å². The molecular formula is C15H28BrN3. The van der Waals surface area contributed by atoms with E-state index in [0.29, 0.717) is 0 Å². The first kappa shape index (κ1) is 16.7. The van der Waals surface area contributed by atoms with Crippen molar-refractivity contribution in [2.45, 2.75) is 71.3 Å². The smallest absolute Gasteiger partial charge is 0.0738 e. The van der Waals surface area contributed by atoms with Gasteiger partial charge in [-0.3, -0.25) is 4.68 Å². The molecule has 1 unspecified atom stereocenters. The van der Waals surface area contributed by atoms with Gasteiger partial charge in [0, 0.05) is 19.5 Å². The van der Waals surface area contributed by atoms with E-state index in [1.54, 1.807) is 0 Å². The molecule has 0 fully saturated rings. The third-order valence-corrected chi connectivity index (χ3v) is 4.68. The maximum absolute atomic E-state index is 6.23. The van der Waals surface area contributed by atoms with E-state index < -0.39 is 0 Å². The second kappa shape index (κ2) is 8.75. The fourth-order valence-electron chi connectivity index (χ4n) is 2.44. The van der Waals surface area contributed by atoms with Crippen LogP contribution in [0.5, 0.6) is 0 Å². The molecule has 0 saturated carbocycles. The number of rotatable bonds is 9. The lowest BCUT2D eigenvalue weighted by Crippen LogP contribution is -2.24. The summed E-state index contributed by atoms with van der Waals surface area (Å²) in [6.07, 6.45) is 10.0. The third-order valence-electron chi connectivity index (χ3n) is 3.65. The molecule has 1 heterocycles. The summed E-state index contributed by atoms with van der Waals surface area (Å²) in [7, 11) is 1.99. The van der Waals surface area contributed by atoms with Gasteiger partial charge in [0.15, 0.2) is 0 Å². The maximum Gasteiger partial charge on any atom is 0.0738 e. The lowest BCUT2D eigenvalue weighted by Gasteiger charge is -2.12. The Kier molecular flexibility index (Phi) is 7.69. The Hall–Kier alpha value is -0.350. The zero-order valence-electron chi connectivity index (χ0n) is 12.6. The Morgan fingerprint density at radius 1 is 1.21 bits per heavy atom. The monoisotopic (exact) mass is 329 g/mol. The van der Waals surface area contributed by atoms with Crippen molar-refractivity contribution in [1.82, 2.24) is 9.78 Å². The average molecular weight is 330 g/mol. The van der Waals surface area contributed by atoms with Crippen LogP contribution in [0.4, 0.5) is 0 Å². The molecule has 0 bridgehead atoms. The first-order valence-corrected chi connectivity index (χ1v) is 8.29. The summed E-state index contributed by atoms with van der Waals surface area (Å²) in [4.78, 5) is 0. The van der Waals surface area contributed by atoms with Crippen LogP contribution in [0.15, 0.2) is 4.47 Å². The van der Waals surface area contributed by atoms with Crippen LogP contribution in [0.25, 0.3) is 0 Å². The highest BCUT2D eigenvalue weighted by molar-refractivity contribution is 9.10. The molecule has 19 heavy (non-hydrogen) atoms. The topological polar surface area (TPSA) is 43.8 Å². The van der Waals surface area contributed by atoms with Crippen molar-refractivity contribution in [3.8, 4) is 0 Å². The zero-order valence-corrected chi connectivity index (χ0v) is 14.2. The molecule has 3 nitrogen and oxygen atoms in total. The number of aromatic nitrogens is 2. The van der Waals surface area contributed by atoms with Crippen LogP contribution < -0.4 is 5.73 Å². The molecule has 2 N–H and O–H groups in total. The van der Waals surface area contributed by atoms with Crippen LogP contribution in [0, 0.1) is 6.92 Å². The Morgan fingerprint density at radius 2 is 1.84 bits per heavy atom. The highest BCUT2D eigenvalue weighted by Gasteiger charge is 2.13. The van der Waals surface area contributed by atoms with Gasteiger partial charge in [0.25, 0.3) is 0 Å². The van der Waals surface area contributed by atoms with Gasteiger partial charge in [-0.05, 0) is 29.3 Å². The minimum Gasteiger partial charge on any atom is -0.327 e. The predicted octanol–water partition coefficient (Wildman–Crippen LogP) is 4.11. The van der Waals surface area contributed by atoms with E-state index >= 15 is 0 Å². The Morgan fingerprint density at radius 3 is 2.42 bits per heavy atom. The van der Waals surface area contributed by atoms with Crippen LogP contribution in [0.1, 0.15) is 63.3 Å². The van der Waals surface area contributed by atoms with Crippen LogP contribution in [0.3, 0.4) is 0 Å². The molecule has 0 aromatic carbocycles. The third kappa shape index (κ3) is 5.65. The van der Waals surface area contributed by atoms with Crippen LogP contribution >= 0.6 is 15.9 Å². The average Bonchev–Trinajstić information content (AvgIpc) is 2.60. The quantitative estimate of drug-likeness (QED) is 0.693. The molecule has 4 heteroatoms. The summed E-state index contributed by atoms with van der Waals surface area (Å²) in [5, 5.41) is 4.41. The van der Waals surface area contributed by atoms with Crippen LogP contribution in [-0.4, -0.2) is 15.8 Å². The first-order chi connectivity index (χ1) is 9.06. The number of hydrogen-bond donors (Lipinski definition) is 1. The molecule has 1 aromatic rings. The molecule has 0 amide bonds.